The SMILES string of the molecule is O=C(O)N1CCCC(C(=O)N2CCCCC2c2ccccc2)C1. The van der Waals surface area contributed by atoms with Crippen molar-refractivity contribution < 1.29 is 14.7 Å². The Bertz CT molecular complexity index is 561. The normalized spacial score (nSPS) is 25.2. The van der Waals surface area contributed by atoms with Crippen molar-refractivity contribution in [2.24, 2.45) is 5.92 Å². The molecule has 1 aromatic rings. The van der Waals surface area contributed by atoms with Crippen LogP contribution >= 0.6 is 0 Å². The molecule has 0 radical (unpaired) electrons. The third-order valence-electron chi connectivity index (χ3n) is 5.01. The Morgan fingerprint density at radius 1 is 1.00 bits per heavy atom. The first-order valence-corrected chi connectivity index (χ1v) is 8.50. The van der Waals surface area contributed by atoms with Gasteiger partial charge in [0.2, 0.25) is 5.91 Å². The number of nitrogens with zero attached hydrogens (tertiary/aromatic N) is 2. The predicted molar refractivity (Wildman–Crippen MR) is 87.1 cm³/mol. The van der Waals surface area contributed by atoms with Gasteiger partial charge >= 0.3 is 6.09 Å². The monoisotopic (exact) mass is 316 g/mol. The van der Waals surface area contributed by atoms with Crippen LogP contribution < -0.4 is 0 Å². The third kappa shape index (κ3) is 3.49. The highest BCUT2D eigenvalue weighted by atomic mass is 16.4. The molecule has 0 aromatic heterocycles. The average Bonchev–Trinajstić information content (AvgIpc) is 2.62. The van der Waals surface area contributed by atoms with Crippen molar-refractivity contribution in [3.05, 3.63) is 35.9 Å². The van der Waals surface area contributed by atoms with E-state index in [4.69, 9.17) is 0 Å². The van der Waals surface area contributed by atoms with Gasteiger partial charge < -0.3 is 14.9 Å². The van der Waals surface area contributed by atoms with Crippen LogP contribution in [0.5, 0.6) is 0 Å². The minimum Gasteiger partial charge on any atom is -0.465 e. The van der Waals surface area contributed by atoms with Gasteiger partial charge in [-0.2, -0.15) is 0 Å². The molecule has 3 rings (SSSR count). The van der Waals surface area contributed by atoms with E-state index in [0.29, 0.717) is 13.1 Å². The minimum atomic E-state index is -0.916. The summed E-state index contributed by atoms with van der Waals surface area (Å²) < 4.78 is 0. The van der Waals surface area contributed by atoms with Gasteiger partial charge in [0.15, 0.2) is 0 Å². The molecule has 2 amide bonds. The number of carboxylic acid groups (broad SMARTS) is 1. The van der Waals surface area contributed by atoms with Gasteiger partial charge in [-0.3, -0.25) is 4.79 Å². The molecule has 2 aliphatic heterocycles. The van der Waals surface area contributed by atoms with E-state index in [-0.39, 0.29) is 17.9 Å². The van der Waals surface area contributed by atoms with Gasteiger partial charge in [-0.25, -0.2) is 4.79 Å². The zero-order valence-corrected chi connectivity index (χ0v) is 13.4. The van der Waals surface area contributed by atoms with Gasteiger partial charge in [0, 0.05) is 19.6 Å². The van der Waals surface area contributed by atoms with E-state index in [2.05, 4.69) is 12.1 Å². The lowest BCUT2D eigenvalue weighted by atomic mass is 9.91. The Hall–Kier alpha value is -2.04. The second-order valence-corrected chi connectivity index (χ2v) is 6.52. The zero-order chi connectivity index (χ0) is 16.2. The van der Waals surface area contributed by atoms with Crippen LogP contribution in [0.4, 0.5) is 4.79 Å². The third-order valence-corrected chi connectivity index (χ3v) is 5.01. The van der Waals surface area contributed by atoms with Crippen LogP contribution in [0.2, 0.25) is 0 Å². The summed E-state index contributed by atoms with van der Waals surface area (Å²) in [5, 5.41) is 9.18. The fourth-order valence-electron chi connectivity index (χ4n) is 3.80. The lowest BCUT2D eigenvalue weighted by molar-refractivity contribution is -0.141. The van der Waals surface area contributed by atoms with Crippen molar-refractivity contribution in [3.8, 4) is 0 Å². The smallest absolute Gasteiger partial charge is 0.407 e. The molecule has 23 heavy (non-hydrogen) atoms. The number of rotatable bonds is 2. The van der Waals surface area contributed by atoms with Gasteiger partial charge in [-0.05, 0) is 37.7 Å². The first-order valence-electron chi connectivity index (χ1n) is 8.50. The number of hydrogen-bond acceptors (Lipinski definition) is 2. The molecule has 5 heteroatoms. The first kappa shape index (κ1) is 15.8. The van der Waals surface area contributed by atoms with Crippen molar-refractivity contribution in [1.29, 1.82) is 0 Å². The molecule has 0 aliphatic carbocycles. The van der Waals surface area contributed by atoms with Crippen molar-refractivity contribution in [2.75, 3.05) is 19.6 Å². The van der Waals surface area contributed by atoms with Gasteiger partial charge in [0.25, 0.3) is 0 Å². The molecular formula is C18H24N2O3. The Balaban J connectivity index is 1.75. The van der Waals surface area contributed by atoms with E-state index in [1.165, 1.54) is 10.5 Å². The van der Waals surface area contributed by atoms with Crippen LogP contribution in [0.1, 0.15) is 43.7 Å². The van der Waals surface area contributed by atoms with Crippen LogP contribution in [0.25, 0.3) is 0 Å². The number of benzene rings is 1. The van der Waals surface area contributed by atoms with Crippen LogP contribution in [0.15, 0.2) is 30.3 Å². The summed E-state index contributed by atoms with van der Waals surface area (Å²) in [5.74, 6) is -0.0614. The largest absolute Gasteiger partial charge is 0.465 e. The number of likely N-dealkylation sites (tertiary alicyclic amines) is 2. The van der Waals surface area contributed by atoms with Crippen molar-refractivity contribution in [2.45, 2.75) is 38.1 Å². The fourth-order valence-corrected chi connectivity index (χ4v) is 3.80. The number of hydrogen-bond donors (Lipinski definition) is 1. The maximum atomic E-state index is 13.0. The lowest BCUT2D eigenvalue weighted by Gasteiger charge is -2.40. The Labute approximate surface area is 136 Å². The Kier molecular flexibility index (Phi) is 4.84. The summed E-state index contributed by atoms with van der Waals surface area (Å²) in [5.41, 5.74) is 1.19. The van der Waals surface area contributed by atoms with Crippen molar-refractivity contribution >= 4 is 12.0 Å². The molecule has 2 saturated heterocycles. The van der Waals surface area contributed by atoms with E-state index in [1.807, 2.05) is 23.1 Å². The van der Waals surface area contributed by atoms with E-state index < -0.39 is 6.09 Å². The molecule has 0 bridgehead atoms. The van der Waals surface area contributed by atoms with Crippen LogP contribution in [-0.4, -0.2) is 46.5 Å². The minimum absolute atomic E-state index is 0.129. The van der Waals surface area contributed by atoms with Gasteiger partial charge in [-0.15, -0.1) is 0 Å². The summed E-state index contributed by atoms with van der Waals surface area (Å²) in [6.45, 7) is 1.66. The van der Waals surface area contributed by atoms with Crippen LogP contribution in [0.3, 0.4) is 0 Å². The van der Waals surface area contributed by atoms with Gasteiger partial charge in [0.1, 0.15) is 0 Å². The summed E-state index contributed by atoms with van der Waals surface area (Å²) in [7, 11) is 0. The lowest BCUT2D eigenvalue weighted by Crippen LogP contribution is -2.48. The van der Waals surface area contributed by atoms with E-state index in [1.54, 1.807) is 0 Å². The van der Waals surface area contributed by atoms with E-state index in [0.717, 1.165) is 38.6 Å². The molecule has 2 fully saturated rings. The Morgan fingerprint density at radius 2 is 1.78 bits per heavy atom. The number of piperidine rings is 2. The van der Waals surface area contributed by atoms with Crippen LogP contribution in [-0.2, 0) is 4.79 Å². The van der Waals surface area contributed by atoms with Gasteiger partial charge in [-0.1, -0.05) is 30.3 Å². The van der Waals surface area contributed by atoms with Crippen molar-refractivity contribution in [3.63, 3.8) is 0 Å². The van der Waals surface area contributed by atoms with E-state index >= 15 is 0 Å². The summed E-state index contributed by atoms with van der Waals surface area (Å²) in [6.07, 6.45) is 3.80. The summed E-state index contributed by atoms with van der Waals surface area (Å²) in [6, 6.07) is 10.3. The summed E-state index contributed by atoms with van der Waals surface area (Å²) >= 11 is 0. The van der Waals surface area contributed by atoms with E-state index in [9.17, 15) is 14.7 Å². The molecule has 124 valence electrons. The Morgan fingerprint density at radius 3 is 2.52 bits per heavy atom. The second kappa shape index (κ2) is 7.02. The molecule has 0 saturated carbocycles. The van der Waals surface area contributed by atoms with Crippen LogP contribution in [0, 0.1) is 5.92 Å². The molecule has 1 N–H and O–H groups in total. The average molecular weight is 316 g/mol. The topological polar surface area (TPSA) is 60.9 Å². The molecule has 2 unspecified atom stereocenters. The molecule has 2 atom stereocenters. The standard InChI is InChI=1S/C18H24N2O3/c21-17(15-9-6-11-19(13-15)18(22)23)20-12-5-4-10-16(20)14-7-2-1-3-8-14/h1-3,7-8,15-16H,4-6,9-13H2,(H,22,23). The molecule has 0 spiro atoms. The molecule has 2 heterocycles. The molecular weight excluding hydrogens is 292 g/mol. The molecule has 1 aromatic carbocycles. The highest BCUT2D eigenvalue weighted by molar-refractivity contribution is 5.80. The second-order valence-electron chi connectivity index (χ2n) is 6.52. The summed E-state index contributed by atoms with van der Waals surface area (Å²) in [4.78, 5) is 27.6. The zero-order valence-electron chi connectivity index (χ0n) is 13.4. The molecule has 2 aliphatic rings. The van der Waals surface area contributed by atoms with Gasteiger partial charge in [0.05, 0.1) is 12.0 Å². The quantitative estimate of drug-likeness (QED) is 0.912. The first-order chi connectivity index (χ1) is 11.2. The van der Waals surface area contributed by atoms with Crippen molar-refractivity contribution in [1.82, 2.24) is 9.80 Å². The predicted octanol–water partition coefficient (Wildman–Crippen LogP) is 3.13. The number of carbonyl (C=O) groups is 2. The fraction of sp³-hybridized carbons (Fsp3) is 0.556. The maximum absolute atomic E-state index is 13.0. The number of amides is 2. The number of carbonyl (C=O) groups excluding carboxylic acids is 1. The highest BCUT2D eigenvalue weighted by Crippen LogP contribution is 2.33. The maximum Gasteiger partial charge on any atom is 0.407 e. The highest BCUT2D eigenvalue weighted by Gasteiger charge is 2.35. The molecule has 5 nitrogen and oxygen atoms in total.